The summed E-state index contributed by atoms with van der Waals surface area (Å²) in [5.41, 5.74) is 3.94. The van der Waals surface area contributed by atoms with Crippen LogP contribution in [0.15, 0.2) is 97.5 Å². The van der Waals surface area contributed by atoms with Gasteiger partial charge in [0.15, 0.2) is 0 Å². The molecule has 0 atom stereocenters. The summed E-state index contributed by atoms with van der Waals surface area (Å²) in [4.78, 5) is 21.9. The Hall–Kier alpha value is -3.88. The summed E-state index contributed by atoms with van der Waals surface area (Å²) in [6.45, 7) is 0.722. The lowest BCUT2D eigenvalue weighted by Crippen LogP contribution is -2.13. The van der Waals surface area contributed by atoms with E-state index in [0.717, 1.165) is 41.8 Å². The van der Waals surface area contributed by atoms with Crippen LogP contribution in [0.2, 0.25) is 0 Å². The van der Waals surface area contributed by atoms with Crippen LogP contribution in [0.1, 0.15) is 21.6 Å². The van der Waals surface area contributed by atoms with E-state index in [1.165, 1.54) is 12.1 Å². The van der Waals surface area contributed by atoms with Crippen LogP contribution in [0.3, 0.4) is 0 Å². The van der Waals surface area contributed by atoms with E-state index in [0.29, 0.717) is 22.4 Å². The second kappa shape index (κ2) is 12.1. The molecule has 2 heterocycles. The number of fused-ring (bicyclic) bond motifs is 1. The molecule has 0 radical (unpaired) electrons. The van der Waals surface area contributed by atoms with Gasteiger partial charge in [-0.15, -0.1) is 24.8 Å². The summed E-state index contributed by atoms with van der Waals surface area (Å²) in [7, 11) is 0. The number of aromatic nitrogens is 3. The second-order valence-corrected chi connectivity index (χ2v) is 8.29. The number of hydrogen-bond acceptors (Lipinski definition) is 3. The minimum Gasteiger partial charge on any atom is -0.330 e. The van der Waals surface area contributed by atoms with Gasteiger partial charge in [-0.1, -0.05) is 36.4 Å². The summed E-state index contributed by atoms with van der Waals surface area (Å²) in [6, 6.07) is 22.9. The first-order valence-corrected chi connectivity index (χ1v) is 11.3. The van der Waals surface area contributed by atoms with Crippen LogP contribution in [-0.2, 0) is 19.1 Å². The van der Waals surface area contributed by atoms with Crippen molar-refractivity contribution in [2.75, 3.05) is 5.32 Å². The summed E-state index contributed by atoms with van der Waals surface area (Å²) in [6.07, 6.45) is -0.115. The number of halogens is 5. The molecule has 0 aliphatic heterocycles. The van der Waals surface area contributed by atoms with Crippen molar-refractivity contribution in [3.05, 3.63) is 114 Å². The molecule has 1 N–H and O–H groups in total. The average Bonchev–Trinajstić information content (AvgIpc) is 3.30. The highest BCUT2D eigenvalue weighted by Gasteiger charge is 2.30. The Morgan fingerprint density at radius 2 is 1.61 bits per heavy atom. The number of rotatable bonds is 6. The van der Waals surface area contributed by atoms with Gasteiger partial charge >= 0.3 is 6.18 Å². The zero-order valence-electron chi connectivity index (χ0n) is 19.9. The number of nitrogens with one attached hydrogen (secondary N) is 1. The van der Waals surface area contributed by atoms with Crippen molar-refractivity contribution < 1.29 is 18.0 Å². The average molecular weight is 559 g/mol. The molecule has 1 amide bonds. The molecular weight excluding hydrogens is 536 g/mol. The molecule has 0 unspecified atom stereocenters. The molecule has 2 aromatic heterocycles. The summed E-state index contributed by atoms with van der Waals surface area (Å²) in [5.74, 6) is -0.362. The van der Waals surface area contributed by atoms with Gasteiger partial charge in [0.05, 0.1) is 22.9 Å². The number of carbonyl (C=O) groups excluding carboxylic acids is 1. The van der Waals surface area contributed by atoms with Crippen LogP contribution in [0.4, 0.5) is 18.9 Å². The number of aryl methyl sites for hydroxylation is 2. The van der Waals surface area contributed by atoms with Crippen LogP contribution in [0.5, 0.6) is 0 Å². The fourth-order valence-corrected chi connectivity index (χ4v) is 4.07. The van der Waals surface area contributed by atoms with Crippen molar-refractivity contribution in [2.45, 2.75) is 19.1 Å². The quantitative estimate of drug-likeness (QED) is 0.235. The van der Waals surface area contributed by atoms with E-state index in [1.807, 2.05) is 28.8 Å². The first-order chi connectivity index (χ1) is 17.4. The normalized spacial score (nSPS) is 10.9. The van der Waals surface area contributed by atoms with Gasteiger partial charge in [0.1, 0.15) is 0 Å². The molecule has 0 saturated heterocycles. The molecule has 5 nitrogen and oxygen atoms in total. The zero-order valence-corrected chi connectivity index (χ0v) is 21.5. The SMILES string of the molecule is Cl.Cl.O=C(Nc1ccc2c(c1)ncn2CCc1ccccn1)c1ccccc1-c1ccc(C(F)(F)F)cc1. The Kier molecular flexibility index (Phi) is 9.14. The topological polar surface area (TPSA) is 59.8 Å². The predicted octanol–water partition coefficient (Wildman–Crippen LogP) is 7.46. The first-order valence-electron chi connectivity index (χ1n) is 11.3. The van der Waals surface area contributed by atoms with E-state index in [-0.39, 0.29) is 30.7 Å². The van der Waals surface area contributed by atoms with E-state index in [4.69, 9.17) is 0 Å². The number of amides is 1. The van der Waals surface area contributed by atoms with Crippen LogP contribution >= 0.6 is 24.8 Å². The number of imidazole rings is 1. The minimum atomic E-state index is -4.42. The molecule has 0 saturated carbocycles. The van der Waals surface area contributed by atoms with Crippen LogP contribution in [-0.4, -0.2) is 20.4 Å². The van der Waals surface area contributed by atoms with E-state index in [9.17, 15) is 18.0 Å². The summed E-state index contributed by atoms with van der Waals surface area (Å²) in [5, 5.41) is 2.89. The zero-order chi connectivity index (χ0) is 25.1. The fraction of sp³-hybridized carbons (Fsp3) is 0.107. The van der Waals surface area contributed by atoms with Gasteiger partial charge in [0, 0.05) is 36.1 Å². The monoisotopic (exact) mass is 558 g/mol. The second-order valence-electron chi connectivity index (χ2n) is 8.29. The van der Waals surface area contributed by atoms with Crippen molar-refractivity contribution in [1.82, 2.24) is 14.5 Å². The van der Waals surface area contributed by atoms with Crippen LogP contribution in [0, 0.1) is 0 Å². The number of benzene rings is 3. The largest absolute Gasteiger partial charge is 0.416 e. The van der Waals surface area contributed by atoms with Crippen molar-refractivity contribution in [3.63, 3.8) is 0 Å². The maximum atomic E-state index is 13.1. The van der Waals surface area contributed by atoms with E-state index < -0.39 is 11.7 Å². The first kappa shape index (κ1) is 28.7. The molecule has 0 spiro atoms. The fourth-order valence-electron chi connectivity index (χ4n) is 4.07. The van der Waals surface area contributed by atoms with Gasteiger partial charge in [-0.2, -0.15) is 13.2 Å². The van der Waals surface area contributed by atoms with Crippen LogP contribution < -0.4 is 5.32 Å². The summed E-state index contributed by atoms with van der Waals surface area (Å²) < 4.78 is 40.8. The number of hydrogen-bond donors (Lipinski definition) is 1. The highest BCUT2D eigenvalue weighted by atomic mass is 35.5. The highest BCUT2D eigenvalue weighted by molar-refractivity contribution is 6.09. The van der Waals surface area contributed by atoms with Gasteiger partial charge in [-0.05, 0) is 59.7 Å². The number of pyridine rings is 1. The van der Waals surface area contributed by atoms with Gasteiger partial charge in [0.25, 0.3) is 5.91 Å². The van der Waals surface area contributed by atoms with Gasteiger partial charge in [-0.3, -0.25) is 9.78 Å². The molecule has 196 valence electrons. The van der Waals surface area contributed by atoms with Crippen molar-refractivity contribution in [1.29, 1.82) is 0 Å². The third-order valence-corrected chi connectivity index (χ3v) is 5.91. The highest BCUT2D eigenvalue weighted by Crippen LogP contribution is 2.32. The minimum absolute atomic E-state index is 0. The smallest absolute Gasteiger partial charge is 0.330 e. The third-order valence-electron chi connectivity index (χ3n) is 5.91. The van der Waals surface area contributed by atoms with Crippen molar-refractivity contribution in [3.8, 4) is 11.1 Å². The molecule has 0 bridgehead atoms. The van der Waals surface area contributed by atoms with E-state index >= 15 is 0 Å². The maximum absolute atomic E-state index is 13.1. The van der Waals surface area contributed by atoms with E-state index in [2.05, 4.69) is 15.3 Å². The number of nitrogens with zero attached hydrogens (tertiary/aromatic N) is 3. The van der Waals surface area contributed by atoms with Crippen molar-refractivity contribution in [2.24, 2.45) is 0 Å². The Morgan fingerprint density at radius 3 is 2.32 bits per heavy atom. The Bertz CT molecular complexity index is 1520. The number of alkyl halides is 3. The Labute approximate surface area is 229 Å². The molecule has 5 rings (SSSR count). The third kappa shape index (κ3) is 6.33. The lowest BCUT2D eigenvalue weighted by Gasteiger charge is -2.12. The standard InChI is InChI=1S/C28H21F3N4O.2ClH/c29-28(30,31)20-10-8-19(9-11-20)23-6-1-2-7-24(23)27(36)34-22-12-13-26-25(17-22)33-18-35(26)16-14-21-5-3-4-15-32-21;;/h1-13,15,17-18H,14,16H2,(H,34,36);2*1H. The predicted molar refractivity (Wildman–Crippen MR) is 147 cm³/mol. The van der Waals surface area contributed by atoms with Crippen molar-refractivity contribution >= 4 is 47.4 Å². The molecule has 38 heavy (non-hydrogen) atoms. The van der Waals surface area contributed by atoms with Crippen LogP contribution in [0.25, 0.3) is 22.2 Å². The molecule has 0 aliphatic carbocycles. The molecule has 0 fully saturated rings. The molecule has 3 aromatic carbocycles. The lowest BCUT2D eigenvalue weighted by molar-refractivity contribution is -0.137. The number of anilines is 1. The van der Waals surface area contributed by atoms with Gasteiger partial charge in [0.2, 0.25) is 0 Å². The lowest BCUT2D eigenvalue weighted by atomic mass is 9.98. The Morgan fingerprint density at radius 1 is 0.868 bits per heavy atom. The van der Waals surface area contributed by atoms with E-state index in [1.54, 1.807) is 48.9 Å². The molecule has 0 aliphatic rings. The maximum Gasteiger partial charge on any atom is 0.416 e. The summed E-state index contributed by atoms with van der Waals surface area (Å²) >= 11 is 0. The molecular formula is C28H23Cl2F3N4O. The molecule has 10 heteroatoms. The van der Waals surface area contributed by atoms with Gasteiger partial charge in [-0.25, -0.2) is 4.98 Å². The number of carbonyl (C=O) groups is 1. The Balaban J connectivity index is 0.00000200. The van der Waals surface area contributed by atoms with Gasteiger partial charge < -0.3 is 9.88 Å². The molecule has 5 aromatic rings.